The van der Waals surface area contributed by atoms with E-state index in [2.05, 4.69) is 5.32 Å². The van der Waals surface area contributed by atoms with Crippen LogP contribution < -0.4 is 5.32 Å². The molecule has 0 fully saturated rings. The maximum Gasteiger partial charge on any atom is 0.412 e. The first-order valence-corrected chi connectivity index (χ1v) is 8.46. The zero-order valence-corrected chi connectivity index (χ0v) is 15.8. The van der Waals surface area contributed by atoms with Crippen LogP contribution in [-0.2, 0) is 14.9 Å². The van der Waals surface area contributed by atoms with E-state index in [0.717, 1.165) is 0 Å². The number of anilines is 1. The van der Waals surface area contributed by atoms with Crippen molar-refractivity contribution in [3.63, 3.8) is 0 Å². The number of carboxylic acid groups (broad SMARTS) is 1. The maximum atomic E-state index is 12.0. The largest absolute Gasteiger partial charge is 0.481 e. The molecule has 2 unspecified atom stereocenters. The van der Waals surface area contributed by atoms with Crippen molar-refractivity contribution in [1.29, 1.82) is 0 Å². The smallest absolute Gasteiger partial charge is 0.412 e. The van der Waals surface area contributed by atoms with E-state index in [9.17, 15) is 19.8 Å². The molecule has 0 aliphatic carbocycles. The van der Waals surface area contributed by atoms with E-state index < -0.39 is 29.2 Å². The van der Waals surface area contributed by atoms with E-state index in [-0.39, 0.29) is 12.3 Å². The molecule has 0 radical (unpaired) electrons. The Morgan fingerprint density at radius 1 is 1.16 bits per heavy atom. The maximum absolute atomic E-state index is 12.0. The number of aliphatic carboxylic acids is 1. The number of ether oxygens (including phenoxy) is 1. The first-order chi connectivity index (χ1) is 11.4. The number of amides is 1. The standard InChI is InChI=1S/C19H29NO5/c1-7-19(16(22)23,15(21)12(2)3)13-8-10-14(11-9-13)20-17(24)25-18(4,5)6/h8-12,15,21H,7H2,1-6H3,(H,20,24)(H,22,23). The zero-order valence-electron chi connectivity index (χ0n) is 15.8. The molecule has 1 aromatic rings. The summed E-state index contributed by atoms with van der Waals surface area (Å²) in [6, 6.07) is 6.46. The van der Waals surface area contributed by atoms with E-state index in [1.807, 2.05) is 0 Å². The third-order valence-corrected chi connectivity index (χ3v) is 4.12. The molecular formula is C19H29NO5. The van der Waals surface area contributed by atoms with Crippen molar-refractivity contribution in [2.75, 3.05) is 5.32 Å². The second kappa shape index (κ2) is 7.87. The second-order valence-corrected chi connectivity index (χ2v) is 7.52. The molecule has 1 amide bonds. The Morgan fingerprint density at radius 3 is 2.04 bits per heavy atom. The lowest BCUT2D eigenvalue weighted by Crippen LogP contribution is -2.48. The minimum atomic E-state index is -1.39. The van der Waals surface area contributed by atoms with Gasteiger partial charge in [-0.25, -0.2) is 4.79 Å². The van der Waals surface area contributed by atoms with Crippen LogP contribution in [0.4, 0.5) is 10.5 Å². The average Bonchev–Trinajstić information content (AvgIpc) is 2.47. The molecule has 0 aromatic heterocycles. The number of carboxylic acids is 1. The predicted molar refractivity (Wildman–Crippen MR) is 96.7 cm³/mol. The van der Waals surface area contributed by atoms with E-state index in [4.69, 9.17) is 4.74 Å². The summed E-state index contributed by atoms with van der Waals surface area (Å²) in [4.78, 5) is 23.8. The molecule has 0 aliphatic rings. The molecule has 25 heavy (non-hydrogen) atoms. The average molecular weight is 351 g/mol. The first kappa shape index (κ1) is 21.0. The SMILES string of the molecule is CCC(C(=O)O)(c1ccc(NC(=O)OC(C)(C)C)cc1)C(O)C(C)C. The fourth-order valence-corrected chi connectivity index (χ4v) is 2.83. The minimum Gasteiger partial charge on any atom is -0.481 e. The topological polar surface area (TPSA) is 95.9 Å². The van der Waals surface area contributed by atoms with Crippen LogP contribution in [0, 0.1) is 5.92 Å². The quantitative estimate of drug-likeness (QED) is 0.725. The van der Waals surface area contributed by atoms with Crippen molar-refractivity contribution in [3.8, 4) is 0 Å². The highest BCUT2D eigenvalue weighted by atomic mass is 16.6. The predicted octanol–water partition coefficient (Wildman–Crippen LogP) is 3.78. The Morgan fingerprint density at radius 2 is 1.68 bits per heavy atom. The highest BCUT2D eigenvalue weighted by Crippen LogP contribution is 2.36. The molecule has 0 spiro atoms. The normalized spacial score (nSPS) is 15.4. The Kier molecular flexibility index (Phi) is 6.60. The van der Waals surface area contributed by atoms with Crippen LogP contribution in [0.5, 0.6) is 0 Å². The van der Waals surface area contributed by atoms with Gasteiger partial charge in [0.1, 0.15) is 11.0 Å². The van der Waals surface area contributed by atoms with Crippen LogP contribution >= 0.6 is 0 Å². The summed E-state index contributed by atoms with van der Waals surface area (Å²) in [6.07, 6.45) is -1.36. The van der Waals surface area contributed by atoms with Crippen molar-refractivity contribution in [2.45, 2.75) is 65.1 Å². The van der Waals surface area contributed by atoms with Crippen LogP contribution in [0.2, 0.25) is 0 Å². The van der Waals surface area contributed by atoms with Gasteiger partial charge in [0, 0.05) is 5.69 Å². The molecule has 0 saturated heterocycles. The van der Waals surface area contributed by atoms with Gasteiger partial charge in [0.2, 0.25) is 0 Å². The van der Waals surface area contributed by atoms with Crippen LogP contribution in [0.3, 0.4) is 0 Å². The van der Waals surface area contributed by atoms with Crippen LogP contribution in [0.1, 0.15) is 53.5 Å². The molecule has 6 heteroatoms. The third kappa shape index (κ3) is 4.95. The Balaban J connectivity index is 3.09. The summed E-state index contributed by atoms with van der Waals surface area (Å²) in [5.41, 5.74) is -1.00. The molecule has 6 nitrogen and oxygen atoms in total. The van der Waals surface area contributed by atoms with Crippen LogP contribution in [0.25, 0.3) is 0 Å². The number of carbonyl (C=O) groups is 2. The van der Waals surface area contributed by atoms with Gasteiger partial charge >= 0.3 is 12.1 Å². The molecule has 3 N–H and O–H groups in total. The minimum absolute atomic E-state index is 0.212. The van der Waals surface area contributed by atoms with Crippen molar-refractivity contribution in [2.24, 2.45) is 5.92 Å². The number of hydrogen-bond acceptors (Lipinski definition) is 4. The number of nitrogens with one attached hydrogen (secondary N) is 1. The summed E-state index contributed by atoms with van der Waals surface area (Å²) in [5, 5.41) is 22.9. The highest BCUT2D eigenvalue weighted by molar-refractivity contribution is 5.86. The summed E-state index contributed by atoms with van der Waals surface area (Å²) < 4.78 is 5.18. The fraction of sp³-hybridized carbons (Fsp3) is 0.579. The molecular weight excluding hydrogens is 322 g/mol. The number of aliphatic hydroxyl groups is 1. The number of carbonyl (C=O) groups excluding carboxylic acids is 1. The molecule has 0 heterocycles. The van der Waals surface area contributed by atoms with Gasteiger partial charge in [0.25, 0.3) is 0 Å². The van der Waals surface area contributed by atoms with E-state index in [1.165, 1.54) is 0 Å². The van der Waals surface area contributed by atoms with Crippen LogP contribution in [0.15, 0.2) is 24.3 Å². The zero-order chi connectivity index (χ0) is 19.4. The van der Waals surface area contributed by atoms with Crippen molar-refractivity contribution in [1.82, 2.24) is 0 Å². The lowest BCUT2D eigenvalue weighted by Gasteiger charge is -2.36. The summed E-state index contributed by atoms with van der Waals surface area (Å²) in [6.45, 7) is 10.6. The van der Waals surface area contributed by atoms with Gasteiger partial charge in [0.15, 0.2) is 0 Å². The van der Waals surface area contributed by atoms with E-state index in [1.54, 1.807) is 65.8 Å². The Hall–Kier alpha value is -2.08. The van der Waals surface area contributed by atoms with E-state index in [0.29, 0.717) is 11.3 Å². The van der Waals surface area contributed by atoms with Gasteiger partial charge < -0.3 is 14.9 Å². The Labute approximate surface area is 149 Å². The fourth-order valence-electron chi connectivity index (χ4n) is 2.83. The Bertz CT molecular complexity index is 603. The second-order valence-electron chi connectivity index (χ2n) is 7.52. The molecule has 1 rings (SSSR count). The summed E-state index contributed by atoms with van der Waals surface area (Å²) >= 11 is 0. The molecule has 0 bridgehead atoms. The lowest BCUT2D eigenvalue weighted by atomic mass is 9.70. The van der Waals surface area contributed by atoms with Gasteiger partial charge in [-0.1, -0.05) is 32.9 Å². The van der Waals surface area contributed by atoms with Crippen LogP contribution in [-0.4, -0.2) is 34.0 Å². The van der Waals surface area contributed by atoms with Gasteiger partial charge in [-0.2, -0.15) is 0 Å². The van der Waals surface area contributed by atoms with Gasteiger partial charge in [-0.15, -0.1) is 0 Å². The summed E-state index contributed by atoms with van der Waals surface area (Å²) in [7, 11) is 0. The molecule has 1 aromatic carbocycles. The van der Waals surface area contributed by atoms with Gasteiger partial charge in [-0.05, 0) is 50.8 Å². The highest BCUT2D eigenvalue weighted by Gasteiger charge is 2.46. The first-order valence-electron chi connectivity index (χ1n) is 8.46. The number of hydrogen-bond donors (Lipinski definition) is 3. The van der Waals surface area contributed by atoms with Crippen molar-refractivity contribution < 1.29 is 24.5 Å². The number of benzene rings is 1. The third-order valence-electron chi connectivity index (χ3n) is 4.12. The summed E-state index contributed by atoms with van der Waals surface area (Å²) in [5.74, 6) is -1.28. The van der Waals surface area contributed by atoms with Gasteiger partial charge in [-0.3, -0.25) is 10.1 Å². The lowest BCUT2D eigenvalue weighted by molar-refractivity contribution is -0.150. The van der Waals surface area contributed by atoms with E-state index >= 15 is 0 Å². The molecule has 0 aliphatic heterocycles. The number of aliphatic hydroxyl groups excluding tert-OH is 1. The molecule has 140 valence electrons. The monoisotopic (exact) mass is 351 g/mol. The van der Waals surface area contributed by atoms with Crippen molar-refractivity contribution >= 4 is 17.7 Å². The number of rotatable bonds is 6. The molecule has 0 saturated carbocycles. The van der Waals surface area contributed by atoms with Gasteiger partial charge in [0.05, 0.1) is 6.10 Å². The van der Waals surface area contributed by atoms with Crippen molar-refractivity contribution in [3.05, 3.63) is 29.8 Å². The molecule has 2 atom stereocenters.